The summed E-state index contributed by atoms with van der Waals surface area (Å²) in [7, 11) is 1.75. The van der Waals surface area contributed by atoms with Crippen molar-refractivity contribution in [1.82, 2.24) is 15.6 Å². The van der Waals surface area contributed by atoms with Crippen molar-refractivity contribution in [3.05, 3.63) is 44.9 Å². The molecule has 25 heavy (non-hydrogen) atoms. The van der Waals surface area contributed by atoms with Crippen molar-refractivity contribution in [3.8, 4) is 0 Å². The molecular formula is C16H20BrFIN5S. The van der Waals surface area contributed by atoms with Gasteiger partial charge in [0, 0.05) is 47.1 Å². The molecule has 2 aromatic rings. The van der Waals surface area contributed by atoms with E-state index in [1.165, 1.54) is 10.9 Å². The molecule has 0 amide bonds. The van der Waals surface area contributed by atoms with Crippen LogP contribution in [0.1, 0.15) is 11.3 Å². The van der Waals surface area contributed by atoms with Gasteiger partial charge in [0.25, 0.3) is 0 Å². The summed E-state index contributed by atoms with van der Waals surface area (Å²) in [4.78, 5) is 11.6. The summed E-state index contributed by atoms with van der Waals surface area (Å²) >= 11 is 5.15. The lowest BCUT2D eigenvalue weighted by Gasteiger charge is -2.19. The molecular weight excluding hydrogens is 520 g/mol. The number of thiophene rings is 1. The van der Waals surface area contributed by atoms with E-state index in [1.807, 2.05) is 4.90 Å². The van der Waals surface area contributed by atoms with Gasteiger partial charge in [-0.3, -0.25) is 4.99 Å². The predicted molar refractivity (Wildman–Crippen MR) is 116 cm³/mol. The number of aromatic nitrogens is 1. The molecule has 9 heteroatoms. The Morgan fingerprint density at radius 3 is 3.08 bits per heavy atom. The van der Waals surface area contributed by atoms with Crippen LogP contribution in [0.25, 0.3) is 0 Å². The van der Waals surface area contributed by atoms with E-state index in [1.54, 1.807) is 30.6 Å². The standard InChI is InChI=1S/C16H19BrFN5S.HI/c1-19-16(21-8-13-7-11(17)10-24-13)22-12-4-6-23(9-12)15-14(18)3-2-5-20-15;/h2-3,5,7,10,12H,4,6,8-9H2,1H3,(H2,19,21,22);1H. The van der Waals surface area contributed by atoms with Crippen molar-refractivity contribution in [2.75, 3.05) is 25.0 Å². The van der Waals surface area contributed by atoms with Crippen molar-refractivity contribution in [3.63, 3.8) is 0 Å². The van der Waals surface area contributed by atoms with E-state index in [9.17, 15) is 4.39 Å². The fraction of sp³-hybridized carbons (Fsp3) is 0.375. The predicted octanol–water partition coefficient (Wildman–Crippen LogP) is 3.61. The highest BCUT2D eigenvalue weighted by molar-refractivity contribution is 14.0. The van der Waals surface area contributed by atoms with Crippen LogP contribution in [0.3, 0.4) is 0 Å². The molecule has 2 N–H and O–H groups in total. The van der Waals surface area contributed by atoms with E-state index >= 15 is 0 Å². The number of nitrogens with one attached hydrogen (secondary N) is 2. The van der Waals surface area contributed by atoms with Crippen LogP contribution in [0.4, 0.5) is 10.2 Å². The summed E-state index contributed by atoms with van der Waals surface area (Å²) in [5, 5.41) is 8.77. The lowest BCUT2D eigenvalue weighted by molar-refractivity contribution is 0.612. The summed E-state index contributed by atoms with van der Waals surface area (Å²) in [5.41, 5.74) is 0. The van der Waals surface area contributed by atoms with Crippen LogP contribution in [0.5, 0.6) is 0 Å². The van der Waals surface area contributed by atoms with Gasteiger partial charge in [-0.15, -0.1) is 35.3 Å². The van der Waals surface area contributed by atoms with Crippen molar-refractivity contribution < 1.29 is 4.39 Å². The largest absolute Gasteiger partial charge is 0.352 e. The Labute approximate surface area is 176 Å². The Bertz CT molecular complexity index is 726. The second kappa shape index (κ2) is 9.67. The first-order valence-corrected chi connectivity index (χ1v) is 9.38. The van der Waals surface area contributed by atoms with Gasteiger partial charge in [0.05, 0.1) is 6.54 Å². The molecule has 2 aromatic heterocycles. The lowest BCUT2D eigenvalue weighted by Crippen LogP contribution is -2.44. The van der Waals surface area contributed by atoms with Crippen molar-refractivity contribution >= 4 is 63.0 Å². The molecule has 1 atom stereocenters. The number of halogens is 3. The van der Waals surface area contributed by atoms with E-state index in [0.717, 1.165) is 29.9 Å². The Kier molecular flexibility index (Phi) is 7.88. The maximum absolute atomic E-state index is 13.8. The maximum atomic E-state index is 13.8. The molecule has 136 valence electrons. The number of nitrogens with zero attached hydrogens (tertiary/aromatic N) is 3. The molecule has 1 aliphatic rings. The summed E-state index contributed by atoms with van der Waals surface area (Å²) in [6.45, 7) is 2.21. The van der Waals surface area contributed by atoms with Crippen LogP contribution in [-0.2, 0) is 6.54 Å². The molecule has 0 aromatic carbocycles. The van der Waals surface area contributed by atoms with Gasteiger partial charge in [0.15, 0.2) is 17.6 Å². The van der Waals surface area contributed by atoms with Gasteiger partial charge >= 0.3 is 0 Å². The molecule has 0 saturated carbocycles. The Balaban J connectivity index is 0.00000225. The summed E-state index contributed by atoms with van der Waals surface area (Å²) < 4.78 is 14.9. The number of anilines is 1. The number of hydrogen-bond acceptors (Lipinski definition) is 4. The van der Waals surface area contributed by atoms with Gasteiger partial charge in [0.1, 0.15) is 0 Å². The lowest BCUT2D eigenvalue weighted by atomic mass is 10.3. The molecule has 0 spiro atoms. The highest BCUT2D eigenvalue weighted by Crippen LogP contribution is 2.21. The van der Waals surface area contributed by atoms with Gasteiger partial charge < -0.3 is 15.5 Å². The van der Waals surface area contributed by atoms with E-state index in [0.29, 0.717) is 12.4 Å². The smallest absolute Gasteiger partial charge is 0.191 e. The van der Waals surface area contributed by atoms with E-state index < -0.39 is 0 Å². The molecule has 0 radical (unpaired) electrons. The average Bonchev–Trinajstić information content (AvgIpc) is 3.21. The van der Waals surface area contributed by atoms with Crippen LogP contribution in [-0.4, -0.2) is 37.1 Å². The van der Waals surface area contributed by atoms with Crippen LogP contribution >= 0.6 is 51.2 Å². The Morgan fingerprint density at radius 2 is 2.40 bits per heavy atom. The highest BCUT2D eigenvalue weighted by Gasteiger charge is 2.25. The zero-order valence-corrected chi connectivity index (χ0v) is 18.4. The molecule has 5 nitrogen and oxygen atoms in total. The first-order chi connectivity index (χ1) is 11.7. The molecule has 3 heterocycles. The zero-order valence-electron chi connectivity index (χ0n) is 13.7. The van der Waals surface area contributed by atoms with Gasteiger partial charge in [-0.05, 0) is 40.5 Å². The fourth-order valence-corrected chi connectivity index (χ4v) is 4.08. The average molecular weight is 540 g/mol. The zero-order chi connectivity index (χ0) is 16.9. The van der Waals surface area contributed by atoms with Crippen molar-refractivity contribution in [2.24, 2.45) is 4.99 Å². The first-order valence-electron chi connectivity index (χ1n) is 7.71. The Hall–Kier alpha value is -0.940. The van der Waals surface area contributed by atoms with Crippen LogP contribution in [0.15, 0.2) is 39.2 Å². The summed E-state index contributed by atoms with van der Waals surface area (Å²) in [6, 6.07) is 5.36. The molecule has 0 bridgehead atoms. The topological polar surface area (TPSA) is 52.6 Å². The molecule has 1 fully saturated rings. The van der Waals surface area contributed by atoms with Gasteiger partial charge in [0.2, 0.25) is 0 Å². The fourth-order valence-electron chi connectivity index (χ4n) is 2.69. The second-order valence-corrected chi connectivity index (χ2v) is 7.45. The molecule has 1 aliphatic heterocycles. The van der Waals surface area contributed by atoms with Crippen molar-refractivity contribution in [2.45, 2.75) is 19.0 Å². The number of rotatable bonds is 4. The number of guanidine groups is 1. The number of pyridine rings is 1. The third-order valence-electron chi connectivity index (χ3n) is 3.84. The third-order valence-corrected chi connectivity index (χ3v) is 5.54. The minimum Gasteiger partial charge on any atom is -0.352 e. The van der Waals surface area contributed by atoms with Gasteiger partial charge in [-0.25, -0.2) is 9.37 Å². The second-order valence-electron chi connectivity index (χ2n) is 5.54. The molecule has 1 saturated heterocycles. The first kappa shape index (κ1) is 20.4. The van der Waals surface area contributed by atoms with Crippen LogP contribution in [0.2, 0.25) is 0 Å². The van der Waals surface area contributed by atoms with Crippen molar-refractivity contribution in [1.29, 1.82) is 0 Å². The quantitative estimate of drug-likeness (QED) is 0.354. The van der Waals surface area contributed by atoms with Crippen LogP contribution < -0.4 is 15.5 Å². The Morgan fingerprint density at radius 1 is 1.56 bits per heavy atom. The van der Waals surface area contributed by atoms with Crippen LogP contribution in [0, 0.1) is 5.82 Å². The SMILES string of the molecule is CN=C(NCc1cc(Br)cs1)NC1CCN(c2ncccc2F)C1.I. The molecule has 1 unspecified atom stereocenters. The molecule has 3 rings (SSSR count). The minimum atomic E-state index is -0.274. The number of aliphatic imine (C=N–C) groups is 1. The normalized spacial score (nSPS) is 17.3. The van der Waals surface area contributed by atoms with E-state index in [2.05, 4.69) is 48.0 Å². The maximum Gasteiger partial charge on any atom is 0.191 e. The number of hydrogen-bond donors (Lipinski definition) is 2. The van der Waals surface area contributed by atoms with Gasteiger partial charge in [-0.2, -0.15) is 0 Å². The van der Waals surface area contributed by atoms with E-state index in [4.69, 9.17) is 0 Å². The minimum absolute atomic E-state index is 0. The summed E-state index contributed by atoms with van der Waals surface area (Å²) in [6.07, 6.45) is 2.54. The van der Waals surface area contributed by atoms with Gasteiger partial charge in [-0.1, -0.05) is 0 Å². The van der Waals surface area contributed by atoms with E-state index in [-0.39, 0.29) is 35.8 Å². The summed E-state index contributed by atoms with van der Waals surface area (Å²) in [5.74, 6) is 0.907. The third kappa shape index (κ3) is 5.52. The monoisotopic (exact) mass is 539 g/mol. The highest BCUT2D eigenvalue weighted by atomic mass is 127. The molecule has 0 aliphatic carbocycles.